The van der Waals surface area contributed by atoms with E-state index in [0.717, 1.165) is 0 Å². The second kappa shape index (κ2) is 14.4. The summed E-state index contributed by atoms with van der Waals surface area (Å²) in [6, 6.07) is 79.4. The van der Waals surface area contributed by atoms with Gasteiger partial charge in [-0.1, -0.05) is 218 Å². The molecule has 0 bridgehead atoms. The highest BCUT2D eigenvalue weighted by Gasteiger charge is 2.57. The highest BCUT2D eigenvalue weighted by molar-refractivity contribution is 5.91. The molecule has 0 aliphatic heterocycles. The fraction of sp³-hybridized carbons (Fsp3) is 0.123. The molecule has 0 N–H and O–H groups in total. The summed E-state index contributed by atoms with van der Waals surface area (Å²) in [5.41, 5.74) is 17.4. The van der Waals surface area contributed by atoms with Crippen LogP contribution in [0, 0.1) is 0 Å². The normalized spacial score (nSPS) is 18.9. The zero-order valence-corrected chi connectivity index (χ0v) is 33.4. The van der Waals surface area contributed by atoms with Crippen LogP contribution in [0.25, 0.3) is 16.7 Å². The molecule has 0 amide bonds. The van der Waals surface area contributed by atoms with Crippen molar-refractivity contribution in [3.8, 4) is 11.1 Å². The molecule has 0 spiro atoms. The number of likely N-dealkylation sites (N-methyl/N-ethyl adjacent to an activating group) is 1. The fourth-order valence-electron chi connectivity index (χ4n) is 10.5. The Balaban J connectivity index is 1.16. The van der Waals surface area contributed by atoms with Crippen molar-refractivity contribution in [1.29, 1.82) is 0 Å². The number of hydrogen-bond acceptors (Lipinski definition) is 1. The zero-order valence-electron chi connectivity index (χ0n) is 33.4. The first-order valence-electron chi connectivity index (χ1n) is 20.6. The monoisotopic (exact) mass is 745 g/mol. The molecule has 58 heavy (non-hydrogen) atoms. The topological polar surface area (TPSA) is 3.24 Å². The summed E-state index contributed by atoms with van der Waals surface area (Å²) in [6.07, 6.45) is 2.42. The van der Waals surface area contributed by atoms with Gasteiger partial charge in [-0.3, -0.25) is 4.90 Å². The van der Waals surface area contributed by atoms with Crippen molar-refractivity contribution in [3.63, 3.8) is 0 Å². The van der Waals surface area contributed by atoms with E-state index in [1.807, 2.05) is 0 Å². The SMILES string of the molecule is C/C(=C\C(c1ccccc1)N(C)C(C)c1ccc(C2(c3ccccc3)c3ccccc3C3(c4ccccc4)c4ccccc4-c4cccc2c43)cc1)c1ccccc1. The van der Waals surface area contributed by atoms with E-state index >= 15 is 0 Å². The highest BCUT2D eigenvalue weighted by Crippen LogP contribution is 2.65. The molecule has 0 aromatic heterocycles. The van der Waals surface area contributed by atoms with Crippen LogP contribution in [0.3, 0.4) is 0 Å². The summed E-state index contributed by atoms with van der Waals surface area (Å²) in [5, 5.41) is 0. The first kappa shape index (κ1) is 35.8. The van der Waals surface area contributed by atoms with Crippen molar-refractivity contribution >= 4 is 5.57 Å². The van der Waals surface area contributed by atoms with E-state index in [1.54, 1.807) is 0 Å². The van der Waals surface area contributed by atoms with Gasteiger partial charge < -0.3 is 0 Å². The third-order valence-corrected chi connectivity index (χ3v) is 13.3. The molecule has 4 unspecified atom stereocenters. The third-order valence-electron chi connectivity index (χ3n) is 13.3. The number of hydrogen-bond donors (Lipinski definition) is 0. The fourth-order valence-corrected chi connectivity index (χ4v) is 10.5. The summed E-state index contributed by atoms with van der Waals surface area (Å²) in [7, 11) is 2.27. The predicted octanol–water partition coefficient (Wildman–Crippen LogP) is 13.6. The molecular formula is C57H47N. The molecule has 0 fully saturated rings. The van der Waals surface area contributed by atoms with Gasteiger partial charge in [0.2, 0.25) is 0 Å². The Labute approximate surface area is 343 Å². The average molecular weight is 746 g/mol. The Bertz CT molecular complexity index is 2750. The second-order valence-corrected chi connectivity index (χ2v) is 16.1. The van der Waals surface area contributed by atoms with Gasteiger partial charge in [0.05, 0.1) is 16.9 Å². The summed E-state index contributed by atoms with van der Waals surface area (Å²) in [4.78, 5) is 2.51. The molecule has 2 aliphatic carbocycles. The molecule has 0 saturated heterocycles. The molecule has 280 valence electrons. The minimum Gasteiger partial charge on any atom is -0.289 e. The lowest BCUT2D eigenvalue weighted by atomic mass is 9.51. The van der Waals surface area contributed by atoms with Crippen LogP contribution in [0.5, 0.6) is 0 Å². The van der Waals surface area contributed by atoms with Crippen LogP contribution in [-0.2, 0) is 10.8 Å². The Hall–Kier alpha value is -6.54. The van der Waals surface area contributed by atoms with Crippen LogP contribution in [-0.4, -0.2) is 11.9 Å². The van der Waals surface area contributed by atoms with E-state index in [4.69, 9.17) is 0 Å². The molecule has 0 radical (unpaired) electrons. The molecule has 10 rings (SSSR count). The number of rotatable bonds is 9. The number of fused-ring (bicyclic) bond motifs is 5. The largest absolute Gasteiger partial charge is 0.289 e. The van der Waals surface area contributed by atoms with E-state index in [9.17, 15) is 0 Å². The van der Waals surface area contributed by atoms with Gasteiger partial charge >= 0.3 is 0 Å². The van der Waals surface area contributed by atoms with Crippen LogP contribution >= 0.6 is 0 Å². The van der Waals surface area contributed by atoms with E-state index in [2.05, 4.69) is 244 Å². The first-order chi connectivity index (χ1) is 28.5. The number of benzene rings is 8. The van der Waals surface area contributed by atoms with Crippen LogP contribution in [0.4, 0.5) is 0 Å². The van der Waals surface area contributed by atoms with Gasteiger partial charge in [0.25, 0.3) is 0 Å². The molecule has 4 atom stereocenters. The molecular weight excluding hydrogens is 699 g/mol. The molecule has 1 nitrogen and oxygen atoms in total. The van der Waals surface area contributed by atoms with Gasteiger partial charge in [0, 0.05) is 6.04 Å². The minimum absolute atomic E-state index is 0.0941. The molecule has 2 aliphatic rings. The van der Waals surface area contributed by atoms with Crippen molar-refractivity contribution in [1.82, 2.24) is 4.90 Å². The van der Waals surface area contributed by atoms with E-state index in [1.165, 1.54) is 77.9 Å². The van der Waals surface area contributed by atoms with Crippen LogP contribution in [0.2, 0.25) is 0 Å². The smallest absolute Gasteiger partial charge is 0.0720 e. The maximum Gasteiger partial charge on any atom is 0.0720 e. The van der Waals surface area contributed by atoms with Gasteiger partial charge in [0.1, 0.15) is 0 Å². The van der Waals surface area contributed by atoms with Crippen LogP contribution < -0.4 is 0 Å². The van der Waals surface area contributed by atoms with Gasteiger partial charge in [0.15, 0.2) is 0 Å². The summed E-state index contributed by atoms with van der Waals surface area (Å²) < 4.78 is 0. The quantitative estimate of drug-likeness (QED) is 0.142. The van der Waals surface area contributed by atoms with Gasteiger partial charge in [-0.05, 0) is 98.8 Å². The first-order valence-corrected chi connectivity index (χ1v) is 20.6. The summed E-state index contributed by atoms with van der Waals surface area (Å²) in [6.45, 7) is 4.57. The van der Waals surface area contributed by atoms with Gasteiger partial charge in [-0.25, -0.2) is 0 Å². The molecule has 0 saturated carbocycles. The highest BCUT2D eigenvalue weighted by atomic mass is 15.2. The Kier molecular flexibility index (Phi) is 8.92. The van der Waals surface area contributed by atoms with Crippen LogP contribution in [0.15, 0.2) is 218 Å². The molecule has 1 heteroatoms. The second-order valence-electron chi connectivity index (χ2n) is 16.1. The van der Waals surface area contributed by atoms with Crippen molar-refractivity contribution < 1.29 is 0 Å². The molecule has 8 aromatic rings. The summed E-state index contributed by atoms with van der Waals surface area (Å²) >= 11 is 0. The third kappa shape index (κ3) is 5.34. The van der Waals surface area contributed by atoms with E-state index in [-0.39, 0.29) is 12.1 Å². The molecule has 8 aromatic carbocycles. The Morgan fingerprint density at radius 2 is 0.897 bits per heavy atom. The zero-order chi connectivity index (χ0) is 39.3. The van der Waals surface area contributed by atoms with Crippen molar-refractivity contribution in [2.45, 2.75) is 36.8 Å². The predicted molar refractivity (Wildman–Crippen MR) is 241 cm³/mol. The van der Waals surface area contributed by atoms with Crippen molar-refractivity contribution in [2.75, 3.05) is 7.05 Å². The number of nitrogens with zero attached hydrogens (tertiary/aromatic N) is 1. The Morgan fingerprint density at radius 3 is 1.53 bits per heavy atom. The van der Waals surface area contributed by atoms with Crippen molar-refractivity contribution in [2.24, 2.45) is 0 Å². The maximum absolute atomic E-state index is 2.51. The number of allylic oxidation sites excluding steroid dienone is 1. The lowest BCUT2D eigenvalue weighted by Crippen LogP contribution is -2.44. The minimum atomic E-state index is -0.556. The lowest BCUT2D eigenvalue weighted by Gasteiger charge is -2.49. The standard InChI is InChI=1S/C57H47N/c1-40(42-21-8-4-9-22-42)39-54(44-23-10-5-11-24-44)58(3)41(2)43-35-37-47(38-36-43)56(45-25-12-6-13-26-45)51-32-18-19-33-52(51)57(46-27-14-7-15-28-46)50-31-17-16-29-48(50)49-30-20-34-53(56)55(49)57/h4-39,41,54H,1-3H3/b40-39+. The van der Waals surface area contributed by atoms with Crippen LogP contribution in [0.1, 0.15) is 87.1 Å². The molecule has 0 heterocycles. The maximum atomic E-state index is 2.51. The Morgan fingerprint density at radius 1 is 0.431 bits per heavy atom. The lowest BCUT2D eigenvalue weighted by molar-refractivity contribution is 0.219. The average Bonchev–Trinajstić information content (AvgIpc) is 3.61. The van der Waals surface area contributed by atoms with E-state index < -0.39 is 10.8 Å². The van der Waals surface area contributed by atoms with Gasteiger partial charge in [-0.15, -0.1) is 0 Å². The van der Waals surface area contributed by atoms with Crippen molar-refractivity contribution in [3.05, 3.63) is 280 Å². The van der Waals surface area contributed by atoms with E-state index in [0.29, 0.717) is 0 Å². The summed E-state index contributed by atoms with van der Waals surface area (Å²) in [5.74, 6) is 0. The van der Waals surface area contributed by atoms with Gasteiger partial charge in [-0.2, -0.15) is 0 Å².